The van der Waals surface area contributed by atoms with Crippen LogP contribution in [0, 0.1) is 0 Å². The lowest BCUT2D eigenvalue weighted by atomic mass is 10.3. The maximum Gasteiger partial charge on any atom is 0.144 e. The molecule has 5 heteroatoms. The van der Waals surface area contributed by atoms with Crippen molar-refractivity contribution < 1.29 is 9.47 Å². The zero-order valence-electron chi connectivity index (χ0n) is 8.59. The number of methoxy groups -OCH3 is 1. The van der Waals surface area contributed by atoms with Crippen LogP contribution in [-0.4, -0.2) is 19.8 Å². The smallest absolute Gasteiger partial charge is 0.144 e. The van der Waals surface area contributed by atoms with Gasteiger partial charge < -0.3 is 15.2 Å². The van der Waals surface area contributed by atoms with Gasteiger partial charge in [-0.05, 0) is 13.0 Å². The lowest BCUT2D eigenvalue weighted by molar-refractivity contribution is 0.0926. The Morgan fingerprint density at radius 3 is 2.53 bits per heavy atom. The summed E-state index contributed by atoms with van der Waals surface area (Å²) in [6.07, 6.45) is -0.0884. The third-order valence-electron chi connectivity index (χ3n) is 1.78. The average Bonchev–Trinajstić information content (AvgIpc) is 2.14. The van der Waals surface area contributed by atoms with Crippen molar-refractivity contribution in [2.75, 3.05) is 19.5 Å². The second-order valence-corrected chi connectivity index (χ2v) is 4.00. The van der Waals surface area contributed by atoms with Gasteiger partial charge in [0.05, 0.1) is 22.3 Å². The van der Waals surface area contributed by atoms with Crippen molar-refractivity contribution in [1.29, 1.82) is 0 Å². The van der Waals surface area contributed by atoms with E-state index < -0.39 is 0 Å². The molecule has 0 aliphatic rings. The van der Waals surface area contributed by atoms with Crippen LogP contribution in [0.3, 0.4) is 0 Å². The fraction of sp³-hybridized carbons (Fsp3) is 0.400. The molecular formula is C10H13Cl2NO2. The maximum atomic E-state index is 5.85. The van der Waals surface area contributed by atoms with E-state index in [0.29, 0.717) is 28.1 Å². The van der Waals surface area contributed by atoms with Crippen LogP contribution in [-0.2, 0) is 4.74 Å². The topological polar surface area (TPSA) is 44.5 Å². The van der Waals surface area contributed by atoms with E-state index in [4.69, 9.17) is 38.4 Å². The number of ether oxygens (including phenoxy) is 2. The van der Waals surface area contributed by atoms with Crippen LogP contribution in [0.25, 0.3) is 0 Å². The molecule has 0 aliphatic carbocycles. The predicted octanol–water partition coefficient (Wildman–Crippen LogP) is 2.99. The third-order valence-corrected chi connectivity index (χ3v) is 2.50. The normalized spacial score (nSPS) is 12.5. The second-order valence-electron chi connectivity index (χ2n) is 3.19. The van der Waals surface area contributed by atoms with Gasteiger partial charge in [0.2, 0.25) is 0 Å². The first-order chi connectivity index (χ1) is 7.04. The van der Waals surface area contributed by atoms with E-state index in [2.05, 4.69) is 0 Å². The molecule has 0 saturated carbocycles. The highest BCUT2D eigenvalue weighted by Gasteiger charge is 2.09. The number of hydrogen-bond acceptors (Lipinski definition) is 3. The number of anilines is 1. The Labute approximate surface area is 99.1 Å². The van der Waals surface area contributed by atoms with Gasteiger partial charge in [0.1, 0.15) is 11.9 Å². The lowest BCUT2D eigenvalue weighted by Gasteiger charge is -2.15. The van der Waals surface area contributed by atoms with E-state index in [1.165, 1.54) is 0 Å². The highest BCUT2D eigenvalue weighted by molar-refractivity contribution is 6.42. The maximum absolute atomic E-state index is 5.85. The molecule has 2 N–H and O–H groups in total. The van der Waals surface area contributed by atoms with Crippen molar-refractivity contribution in [3.05, 3.63) is 22.2 Å². The van der Waals surface area contributed by atoms with Crippen LogP contribution in [0.15, 0.2) is 12.1 Å². The minimum Gasteiger partial charge on any atom is -0.486 e. The van der Waals surface area contributed by atoms with E-state index in [9.17, 15) is 0 Å². The molecule has 0 radical (unpaired) electrons. The number of benzene rings is 1. The molecule has 0 spiro atoms. The van der Waals surface area contributed by atoms with Crippen molar-refractivity contribution in [1.82, 2.24) is 0 Å². The lowest BCUT2D eigenvalue weighted by Crippen LogP contribution is -2.18. The molecule has 0 aliphatic heterocycles. The van der Waals surface area contributed by atoms with Crippen LogP contribution in [0.4, 0.5) is 5.69 Å². The van der Waals surface area contributed by atoms with Crippen molar-refractivity contribution in [3.8, 4) is 5.75 Å². The molecule has 0 amide bonds. The first-order valence-corrected chi connectivity index (χ1v) is 5.20. The molecule has 1 atom stereocenters. The Kier molecular flexibility index (Phi) is 4.51. The molecular weight excluding hydrogens is 237 g/mol. The van der Waals surface area contributed by atoms with Gasteiger partial charge in [-0.3, -0.25) is 0 Å². The summed E-state index contributed by atoms with van der Waals surface area (Å²) in [4.78, 5) is 0. The van der Waals surface area contributed by atoms with E-state index in [-0.39, 0.29) is 6.10 Å². The Hall–Kier alpha value is -0.640. The molecule has 1 aromatic carbocycles. The summed E-state index contributed by atoms with van der Waals surface area (Å²) >= 11 is 11.6. The summed E-state index contributed by atoms with van der Waals surface area (Å²) in [5, 5.41) is 0.839. The van der Waals surface area contributed by atoms with Crippen molar-refractivity contribution in [2.45, 2.75) is 13.0 Å². The summed E-state index contributed by atoms with van der Waals surface area (Å²) < 4.78 is 10.5. The van der Waals surface area contributed by atoms with E-state index in [1.807, 2.05) is 6.92 Å². The fourth-order valence-electron chi connectivity index (χ4n) is 1.13. The molecule has 0 heterocycles. The van der Waals surface area contributed by atoms with Crippen LogP contribution in [0.5, 0.6) is 5.75 Å². The van der Waals surface area contributed by atoms with E-state index in [1.54, 1.807) is 19.2 Å². The summed E-state index contributed by atoms with van der Waals surface area (Å²) in [6, 6.07) is 3.17. The summed E-state index contributed by atoms with van der Waals surface area (Å²) in [7, 11) is 1.61. The van der Waals surface area contributed by atoms with Gasteiger partial charge in [0.25, 0.3) is 0 Å². The SMILES string of the molecule is COCC(C)Oc1cc(Cl)c(Cl)cc1N. The number of nitrogens with two attached hydrogens (primary N) is 1. The fourth-order valence-corrected chi connectivity index (χ4v) is 1.46. The Morgan fingerprint density at radius 1 is 1.33 bits per heavy atom. The standard InChI is InChI=1S/C10H13Cl2NO2/c1-6(5-14-2)15-10-4-8(12)7(11)3-9(10)13/h3-4,6H,5,13H2,1-2H3. The highest BCUT2D eigenvalue weighted by Crippen LogP contribution is 2.32. The van der Waals surface area contributed by atoms with Gasteiger partial charge in [0, 0.05) is 13.2 Å². The van der Waals surface area contributed by atoms with Gasteiger partial charge in [-0.25, -0.2) is 0 Å². The molecule has 84 valence electrons. The predicted molar refractivity (Wildman–Crippen MR) is 62.8 cm³/mol. The first-order valence-electron chi connectivity index (χ1n) is 4.44. The average molecular weight is 250 g/mol. The largest absolute Gasteiger partial charge is 0.486 e. The Bertz CT molecular complexity index is 344. The summed E-state index contributed by atoms with van der Waals surface area (Å²) in [5.74, 6) is 0.522. The quantitative estimate of drug-likeness (QED) is 0.835. The van der Waals surface area contributed by atoms with Crippen molar-refractivity contribution in [2.24, 2.45) is 0 Å². The molecule has 1 aromatic rings. The number of rotatable bonds is 4. The highest BCUT2D eigenvalue weighted by atomic mass is 35.5. The molecule has 0 fully saturated rings. The molecule has 0 bridgehead atoms. The van der Waals surface area contributed by atoms with Crippen molar-refractivity contribution >= 4 is 28.9 Å². The van der Waals surface area contributed by atoms with Crippen LogP contribution < -0.4 is 10.5 Å². The minimum atomic E-state index is -0.0884. The monoisotopic (exact) mass is 249 g/mol. The Morgan fingerprint density at radius 2 is 1.93 bits per heavy atom. The summed E-state index contributed by atoms with van der Waals surface area (Å²) in [6.45, 7) is 2.37. The van der Waals surface area contributed by atoms with Crippen molar-refractivity contribution in [3.63, 3.8) is 0 Å². The van der Waals surface area contributed by atoms with Crippen LogP contribution in [0.1, 0.15) is 6.92 Å². The zero-order chi connectivity index (χ0) is 11.4. The van der Waals surface area contributed by atoms with Gasteiger partial charge in [-0.1, -0.05) is 23.2 Å². The molecule has 0 aromatic heterocycles. The Balaban J connectivity index is 2.81. The third kappa shape index (κ3) is 3.45. The zero-order valence-corrected chi connectivity index (χ0v) is 10.1. The summed E-state index contributed by atoms with van der Waals surface area (Å²) in [5.41, 5.74) is 6.19. The van der Waals surface area contributed by atoms with Crippen LogP contribution >= 0.6 is 23.2 Å². The number of halogens is 2. The van der Waals surface area contributed by atoms with Gasteiger partial charge in [-0.2, -0.15) is 0 Å². The number of nitrogen functional groups attached to an aromatic ring is 1. The van der Waals surface area contributed by atoms with Gasteiger partial charge >= 0.3 is 0 Å². The van der Waals surface area contributed by atoms with Gasteiger partial charge in [0.15, 0.2) is 0 Å². The molecule has 0 saturated heterocycles. The van der Waals surface area contributed by atoms with E-state index in [0.717, 1.165) is 0 Å². The second kappa shape index (κ2) is 5.45. The molecule has 1 rings (SSSR count). The van der Waals surface area contributed by atoms with Crippen LogP contribution in [0.2, 0.25) is 10.0 Å². The minimum absolute atomic E-state index is 0.0884. The molecule has 3 nitrogen and oxygen atoms in total. The molecule has 1 unspecified atom stereocenters. The first kappa shape index (κ1) is 12.4. The van der Waals surface area contributed by atoms with Gasteiger partial charge in [-0.15, -0.1) is 0 Å². The van der Waals surface area contributed by atoms with E-state index >= 15 is 0 Å². The molecule has 15 heavy (non-hydrogen) atoms. The number of hydrogen-bond donors (Lipinski definition) is 1.